The van der Waals surface area contributed by atoms with Gasteiger partial charge in [0.2, 0.25) is 5.91 Å². The molecule has 0 aliphatic carbocycles. The summed E-state index contributed by atoms with van der Waals surface area (Å²) in [7, 11) is 1.51. The van der Waals surface area contributed by atoms with Gasteiger partial charge in [0.1, 0.15) is 0 Å². The molecule has 0 fully saturated rings. The van der Waals surface area contributed by atoms with Gasteiger partial charge in [0.05, 0.1) is 6.54 Å². The van der Waals surface area contributed by atoms with E-state index in [-0.39, 0.29) is 12.5 Å². The zero-order valence-electron chi connectivity index (χ0n) is 8.71. The second kappa shape index (κ2) is 6.12. The van der Waals surface area contributed by atoms with Crippen LogP contribution in [0.1, 0.15) is 0 Å². The Balaban J connectivity index is 2.43. The molecule has 1 rings (SSSR count). The lowest BCUT2D eigenvalue weighted by Crippen LogP contribution is -2.37. The minimum Gasteiger partial charge on any atom is -0.358 e. The molecule has 0 atom stereocenters. The van der Waals surface area contributed by atoms with E-state index in [0.717, 1.165) is 4.47 Å². The standard InChI is InChI=1S/C10H12BrN3O2/c1-12-9(15)6-13-10(16)14-8-4-2-3-7(11)5-8/h2-5H,6H2,1H3,(H,12,15)(H2,13,14,16). The number of hydrogen-bond donors (Lipinski definition) is 3. The molecule has 0 saturated heterocycles. The van der Waals surface area contributed by atoms with Gasteiger partial charge in [-0.1, -0.05) is 22.0 Å². The van der Waals surface area contributed by atoms with E-state index in [4.69, 9.17) is 0 Å². The van der Waals surface area contributed by atoms with Crippen molar-refractivity contribution in [2.45, 2.75) is 0 Å². The monoisotopic (exact) mass is 285 g/mol. The van der Waals surface area contributed by atoms with Gasteiger partial charge in [0.15, 0.2) is 0 Å². The number of nitrogens with one attached hydrogen (secondary N) is 3. The number of hydrogen-bond acceptors (Lipinski definition) is 2. The maximum Gasteiger partial charge on any atom is 0.319 e. The summed E-state index contributed by atoms with van der Waals surface area (Å²) in [5.74, 6) is -0.246. The van der Waals surface area contributed by atoms with Crippen LogP contribution in [0.25, 0.3) is 0 Å². The fraction of sp³-hybridized carbons (Fsp3) is 0.200. The summed E-state index contributed by atoms with van der Waals surface area (Å²) < 4.78 is 0.872. The minimum atomic E-state index is -0.415. The number of amides is 3. The van der Waals surface area contributed by atoms with Crippen molar-refractivity contribution in [2.24, 2.45) is 0 Å². The van der Waals surface area contributed by atoms with E-state index in [1.165, 1.54) is 7.05 Å². The molecular formula is C10H12BrN3O2. The van der Waals surface area contributed by atoms with Crippen molar-refractivity contribution in [1.29, 1.82) is 0 Å². The molecule has 0 bridgehead atoms. The van der Waals surface area contributed by atoms with Crippen molar-refractivity contribution in [1.82, 2.24) is 10.6 Å². The topological polar surface area (TPSA) is 70.2 Å². The Morgan fingerprint density at radius 2 is 2.12 bits per heavy atom. The maximum atomic E-state index is 11.3. The van der Waals surface area contributed by atoms with Crippen LogP contribution in [0, 0.1) is 0 Å². The van der Waals surface area contributed by atoms with Gasteiger partial charge >= 0.3 is 6.03 Å². The summed E-state index contributed by atoms with van der Waals surface area (Å²) in [6.07, 6.45) is 0. The van der Waals surface area contributed by atoms with Crippen molar-refractivity contribution in [3.05, 3.63) is 28.7 Å². The molecule has 0 aliphatic rings. The second-order valence-corrected chi connectivity index (χ2v) is 3.91. The number of carbonyl (C=O) groups excluding carboxylic acids is 2. The smallest absolute Gasteiger partial charge is 0.319 e. The highest BCUT2D eigenvalue weighted by Gasteiger charge is 2.03. The normalized spacial score (nSPS) is 9.38. The first-order valence-electron chi connectivity index (χ1n) is 4.63. The predicted molar refractivity (Wildman–Crippen MR) is 65.2 cm³/mol. The lowest BCUT2D eigenvalue weighted by Gasteiger charge is -2.06. The molecule has 16 heavy (non-hydrogen) atoms. The highest BCUT2D eigenvalue weighted by Crippen LogP contribution is 2.15. The molecule has 3 amide bonds. The number of carbonyl (C=O) groups is 2. The summed E-state index contributed by atoms with van der Waals surface area (Å²) in [4.78, 5) is 22.2. The van der Waals surface area contributed by atoms with Crippen molar-refractivity contribution in [3.8, 4) is 0 Å². The Morgan fingerprint density at radius 3 is 2.75 bits per heavy atom. The second-order valence-electron chi connectivity index (χ2n) is 2.99. The molecule has 6 heteroatoms. The summed E-state index contributed by atoms with van der Waals surface area (Å²) >= 11 is 3.29. The van der Waals surface area contributed by atoms with E-state index < -0.39 is 6.03 Å². The SMILES string of the molecule is CNC(=O)CNC(=O)Nc1cccc(Br)c1. The van der Waals surface area contributed by atoms with Crippen molar-refractivity contribution in [2.75, 3.05) is 18.9 Å². The summed E-state index contributed by atoms with van der Waals surface area (Å²) in [6.45, 7) is -0.0453. The number of benzene rings is 1. The van der Waals surface area contributed by atoms with Crippen LogP contribution >= 0.6 is 15.9 Å². The molecule has 1 aromatic carbocycles. The Kier molecular flexibility index (Phi) is 4.78. The first kappa shape index (κ1) is 12.5. The molecule has 0 radical (unpaired) electrons. The first-order valence-corrected chi connectivity index (χ1v) is 5.42. The lowest BCUT2D eigenvalue weighted by molar-refractivity contribution is -0.119. The third kappa shape index (κ3) is 4.31. The highest BCUT2D eigenvalue weighted by molar-refractivity contribution is 9.10. The van der Waals surface area contributed by atoms with Gasteiger partial charge in [-0.25, -0.2) is 4.79 Å². The maximum absolute atomic E-state index is 11.3. The molecule has 5 nitrogen and oxygen atoms in total. The quantitative estimate of drug-likeness (QED) is 0.784. The van der Waals surface area contributed by atoms with Crippen LogP contribution < -0.4 is 16.0 Å². The van der Waals surface area contributed by atoms with Crippen molar-refractivity contribution in [3.63, 3.8) is 0 Å². The Bertz CT molecular complexity index is 395. The molecule has 0 spiro atoms. The van der Waals surface area contributed by atoms with Gasteiger partial charge in [-0.3, -0.25) is 4.79 Å². The molecule has 0 unspecified atom stereocenters. The number of urea groups is 1. The number of rotatable bonds is 3. The van der Waals surface area contributed by atoms with E-state index >= 15 is 0 Å². The minimum absolute atomic E-state index is 0.0453. The number of anilines is 1. The van der Waals surface area contributed by atoms with E-state index in [2.05, 4.69) is 31.9 Å². The van der Waals surface area contributed by atoms with Crippen LogP contribution in [0.4, 0.5) is 10.5 Å². The molecule has 0 aliphatic heterocycles. The molecule has 0 saturated carbocycles. The third-order valence-electron chi connectivity index (χ3n) is 1.77. The zero-order valence-corrected chi connectivity index (χ0v) is 10.3. The molecular weight excluding hydrogens is 274 g/mol. The fourth-order valence-corrected chi connectivity index (χ4v) is 1.39. The van der Waals surface area contributed by atoms with Gasteiger partial charge in [-0.2, -0.15) is 0 Å². The average molecular weight is 286 g/mol. The zero-order chi connectivity index (χ0) is 12.0. The third-order valence-corrected chi connectivity index (χ3v) is 2.26. The van der Waals surface area contributed by atoms with Crippen LogP contribution in [-0.2, 0) is 4.79 Å². The van der Waals surface area contributed by atoms with Gasteiger partial charge in [-0.15, -0.1) is 0 Å². The van der Waals surface area contributed by atoms with Crippen LogP contribution in [-0.4, -0.2) is 25.5 Å². The van der Waals surface area contributed by atoms with Gasteiger partial charge in [0, 0.05) is 17.2 Å². The van der Waals surface area contributed by atoms with Crippen LogP contribution in [0.3, 0.4) is 0 Å². The fourth-order valence-electron chi connectivity index (χ4n) is 0.990. The van der Waals surface area contributed by atoms with Crippen molar-refractivity contribution < 1.29 is 9.59 Å². The van der Waals surface area contributed by atoms with E-state index in [0.29, 0.717) is 5.69 Å². The Morgan fingerprint density at radius 1 is 1.38 bits per heavy atom. The summed E-state index contributed by atoms with van der Waals surface area (Å²) in [5.41, 5.74) is 0.656. The summed E-state index contributed by atoms with van der Waals surface area (Å²) in [5, 5.41) is 7.43. The van der Waals surface area contributed by atoms with Crippen LogP contribution in [0.15, 0.2) is 28.7 Å². The predicted octanol–water partition coefficient (Wildman–Crippen LogP) is 1.32. The van der Waals surface area contributed by atoms with Crippen LogP contribution in [0.5, 0.6) is 0 Å². The van der Waals surface area contributed by atoms with E-state index in [9.17, 15) is 9.59 Å². The molecule has 3 N–H and O–H groups in total. The molecule has 0 aromatic heterocycles. The van der Waals surface area contributed by atoms with Gasteiger partial charge in [-0.05, 0) is 18.2 Å². The molecule has 86 valence electrons. The lowest BCUT2D eigenvalue weighted by atomic mass is 10.3. The highest BCUT2D eigenvalue weighted by atomic mass is 79.9. The Hall–Kier alpha value is -1.56. The number of likely N-dealkylation sites (N-methyl/N-ethyl adjacent to an activating group) is 1. The van der Waals surface area contributed by atoms with Gasteiger partial charge in [0.25, 0.3) is 0 Å². The average Bonchev–Trinajstić information content (AvgIpc) is 2.26. The largest absolute Gasteiger partial charge is 0.358 e. The van der Waals surface area contributed by atoms with Crippen LogP contribution in [0.2, 0.25) is 0 Å². The summed E-state index contributed by atoms with van der Waals surface area (Å²) in [6, 6.07) is 6.76. The van der Waals surface area contributed by atoms with Gasteiger partial charge < -0.3 is 16.0 Å². The Labute approximate surface area is 102 Å². The molecule has 0 heterocycles. The van der Waals surface area contributed by atoms with E-state index in [1.807, 2.05) is 6.07 Å². The number of halogens is 1. The van der Waals surface area contributed by atoms with Crippen molar-refractivity contribution >= 4 is 33.6 Å². The molecule has 1 aromatic rings. The first-order chi connectivity index (χ1) is 7.61. The van der Waals surface area contributed by atoms with E-state index in [1.54, 1.807) is 18.2 Å².